The van der Waals surface area contributed by atoms with Crippen LogP contribution in [0.4, 0.5) is 11.4 Å². The highest BCUT2D eigenvalue weighted by Crippen LogP contribution is 2.56. The van der Waals surface area contributed by atoms with E-state index in [9.17, 15) is 29.7 Å². The van der Waals surface area contributed by atoms with Gasteiger partial charge in [0.1, 0.15) is 11.5 Å². The van der Waals surface area contributed by atoms with E-state index < -0.39 is 17.7 Å². The highest BCUT2D eigenvalue weighted by Gasteiger charge is 2.37. The minimum absolute atomic E-state index is 0.0123. The fraction of sp³-hybridized carbons (Fsp3) is 0.333. The normalized spacial score (nSPS) is 11.7. The summed E-state index contributed by atoms with van der Waals surface area (Å²) in [4.78, 5) is 35.1. The maximum atomic E-state index is 14.2. The number of nitro benzene ring substituents is 2. The van der Waals surface area contributed by atoms with Crippen LogP contribution >= 0.6 is 7.82 Å². The van der Waals surface area contributed by atoms with Gasteiger partial charge < -0.3 is 9.05 Å². The zero-order valence-electron chi connectivity index (χ0n) is 28.4. The van der Waals surface area contributed by atoms with E-state index in [2.05, 4.69) is 0 Å². The molecule has 0 aliphatic heterocycles. The molecule has 47 heavy (non-hydrogen) atoms. The van der Waals surface area contributed by atoms with E-state index in [1.54, 1.807) is 65.8 Å². The summed E-state index contributed by atoms with van der Waals surface area (Å²) in [6, 6.07) is 14.7. The molecule has 0 atom stereocenters. The van der Waals surface area contributed by atoms with Crippen molar-refractivity contribution in [1.29, 1.82) is 0 Å². The molecule has 4 rings (SSSR count). The number of hydrogen-bond donors (Lipinski definition) is 1. The predicted octanol–water partition coefficient (Wildman–Crippen LogP) is 10.5. The van der Waals surface area contributed by atoms with Crippen molar-refractivity contribution in [3.63, 3.8) is 0 Å². The lowest BCUT2D eigenvalue weighted by Gasteiger charge is -2.25. The van der Waals surface area contributed by atoms with Gasteiger partial charge in [0.05, 0.1) is 9.85 Å². The van der Waals surface area contributed by atoms with Crippen molar-refractivity contribution >= 4 is 19.2 Å². The Labute approximate surface area is 275 Å². The summed E-state index contributed by atoms with van der Waals surface area (Å²) >= 11 is 0. The first kappa shape index (κ1) is 35.3. The molecule has 0 saturated carbocycles. The average Bonchev–Trinajstić information content (AvgIpc) is 2.98. The van der Waals surface area contributed by atoms with Crippen LogP contribution in [0.15, 0.2) is 48.5 Å². The molecule has 4 aromatic carbocycles. The van der Waals surface area contributed by atoms with Crippen LogP contribution in [0.25, 0.3) is 22.3 Å². The standard InChI is InChI=1S/C36H41N2O8P/c1-19(2)27-15-11-13-17-29(27)31-25(9)33(37(39)40)21(5)23(7)35(31)45-47(43,44)46-36-24(8)22(6)34(38(41)42)26(10)32(36)30-18-14-12-16-28(30)20(3)4/h11-20H,1-10H3,(H,43,44). The summed E-state index contributed by atoms with van der Waals surface area (Å²) < 4.78 is 26.1. The molecule has 0 amide bonds. The Morgan fingerprint density at radius 2 is 0.915 bits per heavy atom. The Balaban J connectivity index is 2.02. The van der Waals surface area contributed by atoms with E-state index >= 15 is 0 Å². The molecule has 0 aliphatic carbocycles. The van der Waals surface area contributed by atoms with Crippen LogP contribution in [-0.4, -0.2) is 14.7 Å². The smallest absolute Gasteiger partial charge is 0.394 e. The Kier molecular flexibility index (Phi) is 9.99. The van der Waals surface area contributed by atoms with Crippen molar-refractivity contribution in [3.05, 3.63) is 113 Å². The van der Waals surface area contributed by atoms with Crippen LogP contribution < -0.4 is 9.05 Å². The quantitative estimate of drug-likeness (QED) is 0.101. The molecule has 0 heterocycles. The highest BCUT2D eigenvalue weighted by molar-refractivity contribution is 7.48. The van der Waals surface area contributed by atoms with E-state index in [1.165, 1.54) is 0 Å². The molecule has 0 aromatic heterocycles. The summed E-state index contributed by atoms with van der Waals surface area (Å²) in [5.74, 6) is 0.0190. The van der Waals surface area contributed by atoms with E-state index in [-0.39, 0.29) is 57.0 Å². The number of phosphoric acid groups is 1. The molecule has 11 heteroatoms. The summed E-state index contributed by atoms with van der Waals surface area (Å²) in [6.07, 6.45) is 0. The van der Waals surface area contributed by atoms with Gasteiger partial charge in [-0.25, -0.2) is 4.57 Å². The average molecular weight is 661 g/mol. The third-order valence-corrected chi connectivity index (χ3v) is 9.74. The molecular weight excluding hydrogens is 619 g/mol. The van der Waals surface area contributed by atoms with Crippen LogP contribution in [0.2, 0.25) is 0 Å². The molecule has 0 bridgehead atoms. The zero-order chi connectivity index (χ0) is 35.1. The van der Waals surface area contributed by atoms with Crippen molar-refractivity contribution in [1.82, 2.24) is 0 Å². The second kappa shape index (κ2) is 13.3. The van der Waals surface area contributed by atoms with Crippen LogP contribution in [0.5, 0.6) is 11.5 Å². The van der Waals surface area contributed by atoms with Crippen LogP contribution in [-0.2, 0) is 4.57 Å². The minimum Gasteiger partial charge on any atom is -0.394 e. The fourth-order valence-corrected chi connectivity index (χ4v) is 7.30. The van der Waals surface area contributed by atoms with Crippen molar-refractivity contribution in [2.75, 3.05) is 0 Å². The number of rotatable bonds is 10. The summed E-state index contributed by atoms with van der Waals surface area (Å²) in [5, 5.41) is 24.5. The molecule has 1 N–H and O–H groups in total. The topological polar surface area (TPSA) is 142 Å². The van der Waals surface area contributed by atoms with Gasteiger partial charge in [-0.15, -0.1) is 0 Å². The van der Waals surface area contributed by atoms with Crippen LogP contribution in [0.3, 0.4) is 0 Å². The molecule has 248 valence electrons. The molecule has 0 fully saturated rings. The van der Waals surface area contributed by atoms with E-state index in [0.29, 0.717) is 33.4 Å². The zero-order valence-corrected chi connectivity index (χ0v) is 29.3. The Morgan fingerprint density at radius 3 is 1.21 bits per heavy atom. The second-order valence-electron chi connectivity index (χ2n) is 12.5. The first-order valence-corrected chi connectivity index (χ1v) is 16.9. The lowest BCUT2D eigenvalue weighted by molar-refractivity contribution is -0.386. The predicted molar refractivity (Wildman–Crippen MR) is 185 cm³/mol. The maximum absolute atomic E-state index is 14.2. The first-order chi connectivity index (χ1) is 21.9. The lowest BCUT2D eigenvalue weighted by atomic mass is 9.87. The lowest BCUT2D eigenvalue weighted by Crippen LogP contribution is -2.10. The SMILES string of the molecule is Cc1c(C)c([N+](=O)[O-])c(C)c(-c2ccccc2C(C)C)c1OP(=O)(O)Oc1c(C)c(C)c([N+](=O)[O-])c(C)c1-c1ccccc1C(C)C. The summed E-state index contributed by atoms with van der Waals surface area (Å²) in [5.41, 5.74) is 5.20. The van der Waals surface area contributed by atoms with Gasteiger partial charge in [-0.3, -0.25) is 25.1 Å². The monoisotopic (exact) mass is 660 g/mol. The number of phosphoric ester groups is 1. The summed E-state index contributed by atoms with van der Waals surface area (Å²) in [7, 11) is -5.06. The molecular formula is C36H41N2O8P. The third-order valence-electron chi connectivity index (χ3n) is 8.91. The number of hydrogen-bond acceptors (Lipinski definition) is 7. The van der Waals surface area contributed by atoms with E-state index in [0.717, 1.165) is 11.1 Å². The molecule has 0 unspecified atom stereocenters. The molecule has 0 spiro atoms. The third kappa shape index (κ3) is 6.53. The van der Waals surface area contributed by atoms with Gasteiger partial charge in [0.2, 0.25) is 0 Å². The largest absolute Gasteiger partial charge is 0.584 e. The number of nitro groups is 2. The fourth-order valence-electron chi connectivity index (χ4n) is 6.34. The highest BCUT2D eigenvalue weighted by atomic mass is 31.2. The Bertz CT molecular complexity index is 1830. The Hall–Kier alpha value is -4.53. The van der Waals surface area contributed by atoms with Gasteiger partial charge in [-0.05, 0) is 75.6 Å². The van der Waals surface area contributed by atoms with Crippen molar-refractivity contribution in [2.24, 2.45) is 0 Å². The first-order valence-electron chi connectivity index (χ1n) is 15.4. The number of nitrogens with zero attached hydrogens (tertiary/aromatic N) is 2. The van der Waals surface area contributed by atoms with Crippen molar-refractivity contribution in [3.8, 4) is 33.8 Å². The van der Waals surface area contributed by atoms with Crippen molar-refractivity contribution in [2.45, 2.75) is 81.1 Å². The summed E-state index contributed by atoms with van der Waals surface area (Å²) in [6.45, 7) is 17.5. The van der Waals surface area contributed by atoms with Gasteiger partial charge >= 0.3 is 7.82 Å². The van der Waals surface area contributed by atoms with E-state index in [4.69, 9.17) is 9.05 Å². The van der Waals surface area contributed by atoms with Gasteiger partial charge in [0, 0.05) is 44.5 Å². The van der Waals surface area contributed by atoms with Gasteiger partial charge in [0.25, 0.3) is 11.4 Å². The molecule has 0 saturated heterocycles. The van der Waals surface area contributed by atoms with Gasteiger partial charge in [0.15, 0.2) is 0 Å². The molecule has 10 nitrogen and oxygen atoms in total. The molecule has 4 aromatic rings. The minimum atomic E-state index is -5.06. The van der Waals surface area contributed by atoms with Crippen LogP contribution in [0, 0.1) is 61.8 Å². The van der Waals surface area contributed by atoms with E-state index in [1.807, 2.05) is 52.0 Å². The van der Waals surface area contributed by atoms with Gasteiger partial charge in [-0.1, -0.05) is 76.2 Å². The molecule has 0 aliphatic rings. The molecule has 0 radical (unpaired) electrons. The van der Waals surface area contributed by atoms with Crippen molar-refractivity contribution < 1.29 is 28.4 Å². The Morgan fingerprint density at radius 1 is 0.596 bits per heavy atom. The maximum Gasteiger partial charge on any atom is 0.584 e. The van der Waals surface area contributed by atoms with Crippen LogP contribution in [0.1, 0.15) is 84.0 Å². The van der Waals surface area contributed by atoms with Gasteiger partial charge in [-0.2, -0.15) is 0 Å². The second-order valence-corrected chi connectivity index (χ2v) is 13.8. The number of benzene rings is 4.